The third-order valence-corrected chi connectivity index (χ3v) is 4.36. The fourth-order valence-corrected chi connectivity index (χ4v) is 3.08. The van der Waals surface area contributed by atoms with Crippen LogP contribution in [0.4, 0.5) is 4.39 Å². The fourth-order valence-electron chi connectivity index (χ4n) is 3.08. The number of nitrogens with zero attached hydrogens (tertiary/aromatic N) is 3. The number of hydrogen-bond donors (Lipinski definition) is 2. The quantitative estimate of drug-likeness (QED) is 0.862. The summed E-state index contributed by atoms with van der Waals surface area (Å²) in [4.78, 5) is 19.0. The smallest absolute Gasteiger partial charge is 0.254 e. The highest BCUT2D eigenvalue weighted by Crippen LogP contribution is 2.30. The zero-order chi connectivity index (χ0) is 17.8. The zero-order valence-electron chi connectivity index (χ0n) is 14.0. The van der Waals surface area contributed by atoms with Crippen molar-refractivity contribution in [2.24, 2.45) is 0 Å². The molecule has 1 aromatic carbocycles. The molecule has 8 heteroatoms. The number of H-pyrrole nitrogens is 1. The molecule has 1 saturated heterocycles. The number of aromatic nitrogens is 3. The predicted octanol–water partition coefficient (Wildman–Crippen LogP) is 1.95. The number of aliphatic hydroxyl groups excluding tert-OH is 1. The van der Waals surface area contributed by atoms with Gasteiger partial charge < -0.3 is 14.7 Å². The number of amides is 1. The number of nitrogens with one attached hydrogen (secondary N) is 1. The molecule has 0 radical (unpaired) electrons. The molecule has 2 N–H and O–H groups in total. The number of likely N-dealkylation sites (tertiary alicyclic amines) is 1. The van der Waals surface area contributed by atoms with Crippen LogP contribution in [0.15, 0.2) is 18.2 Å². The number of carbonyl (C=O) groups is 1. The van der Waals surface area contributed by atoms with Crippen molar-refractivity contribution in [1.29, 1.82) is 0 Å². The highest BCUT2D eigenvalue weighted by atomic mass is 19.1. The molecule has 1 aliphatic rings. The summed E-state index contributed by atoms with van der Waals surface area (Å²) in [5, 5.41) is 16.1. The molecule has 1 atom stereocenters. The number of aromatic amines is 1. The SMILES string of the molecule is COCc1nc([C@H]2CCCCN2C(=O)c2ccc(CO)c(F)c2)n[nH]1. The van der Waals surface area contributed by atoms with Crippen molar-refractivity contribution in [1.82, 2.24) is 20.1 Å². The van der Waals surface area contributed by atoms with Crippen molar-refractivity contribution in [3.63, 3.8) is 0 Å². The molecule has 1 amide bonds. The van der Waals surface area contributed by atoms with Gasteiger partial charge in [-0.1, -0.05) is 6.07 Å². The minimum atomic E-state index is -0.581. The molecule has 3 rings (SSSR count). The summed E-state index contributed by atoms with van der Waals surface area (Å²) in [6, 6.07) is 3.90. The van der Waals surface area contributed by atoms with Crippen LogP contribution < -0.4 is 0 Å². The van der Waals surface area contributed by atoms with Gasteiger partial charge in [0, 0.05) is 24.8 Å². The topological polar surface area (TPSA) is 91.3 Å². The molecule has 0 aliphatic carbocycles. The Hall–Kier alpha value is -2.32. The van der Waals surface area contributed by atoms with Crippen LogP contribution in [0.3, 0.4) is 0 Å². The molecule has 134 valence electrons. The fraction of sp³-hybridized carbons (Fsp3) is 0.471. The van der Waals surface area contributed by atoms with E-state index in [9.17, 15) is 9.18 Å². The maximum atomic E-state index is 13.9. The number of benzene rings is 1. The molecule has 0 saturated carbocycles. The molecule has 1 aromatic heterocycles. The normalized spacial score (nSPS) is 17.7. The molecule has 0 unspecified atom stereocenters. The third-order valence-electron chi connectivity index (χ3n) is 4.36. The number of piperidine rings is 1. The molecule has 2 heterocycles. The number of carbonyl (C=O) groups excluding carboxylic acids is 1. The Balaban J connectivity index is 1.84. The lowest BCUT2D eigenvalue weighted by atomic mass is 10.00. The van der Waals surface area contributed by atoms with E-state index < -0.39 is 12.4 Å². The van der Waals surface area contributed by atoms with Crippen LogP contribution in [0.2, 0.25) is 0 Å². The van der Waals surface area contributed by atoms with E-state index >= 15 is 0 Å². The third kappa shape index (κ3) is 3.69. The Morgan fingerprint density at radius 1 is 1.48 bits per heavy atom. The summed E-state index contributed by atoms with van der Waals surface area (Å²) in [7, 11) is 1.57. The van der Waals surface area contributed by atoms with Gasteiger partial charge in [-0.15, -0.1) is 0 Å². The van der Waals surface area contributed by atoms with Crippen LogP contribution in [0.25, 0.3) is 0 Å². The van der Waals surface area contributed by atoms with E-state index in [2.05, 4.69) is 15.2 Å². The van der Waals surface area contributed by atoms with Gasteiger partial charge in [0.2, 0.25) is 0 Å². The second-order valence-electron chi connectivity index (χ2n) is 6.05. The number of halogens is 1. The standard InChI is InChI=1S/C17H21FN4O3/c1-25-10-15-19-16(21-20-15)14-4-2-3-7-22(14)17(24)11-5-6-12(9-23)13(18)8-11/h5-6,8,14,23H,2-4,7,9-10H2,1H3,(H,19,20,21)/t14-/m1/s1. The Morgan fingerprint density at radius 3 is 3.04 bits per heavy atom. The van der Waals surface area contributed by atoms with Crippen LogP contribution >= 0.6 is 0 Å². The molecule has 0 bridgehead atoms. The van der Waals surface area contributed by atoms with Crippen LogP contribution in [0, 0.1) is 5.82 Å². The lowest BCUT2D eigenvalue weighted by molar-refractivity contribution is 0.0599. The van der Waals surface area contributed by atoms with Gasteiger partial charge in [-0.25, -0.2) is 9.37 Å². The summed E-state index contributed by atoms with van der Waals surface area (Å²) in [5.41, 5.74) is 0.430. The lowest BCUT2D eigenvalue weighted by Gasteiger charge is -2.34. The summed E-state index contributed by atoms with van der Waals surface area (Å²) in [5.74, 6) is 0.315. The van der Waals surface area contributed by atoms with E-state index in [-0.39, 0.29) is 23.1 Å². The molecule has 7 nitrogen and oxygen atoms in total. The Bertz CT molecular complexity index is 749. The van der Waals surface area contributed by atoms with E-state index in [1.165, 1.54) is 18.2 Å². The van der Waals surface area contributed by atoms with Crippen LogP contribution in [-0.2, 0) is 18.0 Å². The molecular weight excluding hydrogens is 327 g/mol. The first-order chi connectivity index (χ1) is 12.1. The average Bonchev–Trinajstić information content (AvgIpc) is 3.10. The summed E-state index contributed by atoms with van der Waals surface area (Å²) in [6.45, 7) is 0.495. The number of ether oxygens (including phenoxy) is 1. The summed E-state index contributed by atoms with van der Waals surface area (Å²) < 4.78 is 18.9. The highest BCUT2D eigenvalue weighted by Gasteiger charge is 2.31. The van der Waals surface area contributed by atoms with Crippen LogP contribution in [0.5, 0.6) is 0 Å². The minimum absolute atomic E-state index is 0.171. The van der Waals surface area contributed by atoms with E-state index in [0.29, 0.717) is 24.8 Å². The van der Waals surface area contributed by atoms with Gasteiger partial charge in [0.25, 0.3) is 5.91 Å². The first kappa shape index (κ1) is 17.5. The molecular formula is C17H21FN4O3. The van der Waals surface area contributed by atoms with Crippen molar-refractivity contribution >= 4 is 5.91 Å². The highest BCUT2D eigenvalue weighted by molar-refractivity contribution is 5.94. The number of rotatable bonds is 5. The van der Waals surface area contributed by atoms with Gasteiger partial charge in [0.15, 0.2) is 11.6 Å². The maximum absolute atomic E-state index is 13.9. The largest absolute Gasteiger partial charge is 0.392 e. The van der Waals surface area contributed by atoms with Gasteiger partial charge >= 0.3 is 0 Å². The van der Waals surface area contributed by atoms with Crippen molar-refractivity contribution < 1.29 is 19.0 Å². The van der Waals surface area contributed by atoms with Gasteiger partial charge in [-0.2, -0.15) is 5.10 Å². The van der Waals surface area contributed by atoms with E-state index in [1.54, 1.807) is 12.0 Å². The Morgan fingerprint density at radius 2 is 2.32 bits per heavy atom. The van der Waals surface area contributed by atoms with Gasteiger partial charge in [0.05, 0.1) is 12.6 Å². The van der Waals surface area contributed by atoms with E-state index in [1.807, 2.05) is 0 Å². The Kier molecular flexibility index (Phi) is 5.40. The van der Waals surface area contributed by atoms with Gasteiger partial charge in [-0.05, 0) is 31.4 Å². The Labute approximate surface area is 144 Å². The van der Waals surface area contributed by atoms with Crippen LogP contribution in [-0.4, -0.2) is 44.7 Å². The summed E-state index contributed by atoms with van der Waals surface area (Å²) >= 11 is 0. The van der Waals surface area contributed by atoms with Gasteiger partial charge in [-0.3, -0.25) is 9.89 Å². The minimum Gasteiger partial charge on any atom is -0.392 e. The van der Waals surface area contributed by atoms with Gasteiger partial charge in [0.1, 0.15) is 12.4 Å². The van der Waals surface area contributed by atoms with Crippen molar-refractivity contribution in [3.05, 3.63) is 46.8 Å². The molecule has 25 heavy (non-hydrogen) atoms. The van der Waals surface area contributed by atoms with Crippen molar-refractivity contribution in [3.8, 4) is 0 Å². The first-order valence-corrected chi connectivity index (χ1v) is 8.24. The zero-order valence-corrected chi connectivity index (χ0v) is 14.0. The second kappa shape index (κ2) is 7.71. The monoisotopic (exact) mass is 348 g/mol. The van der Waals surface area contributed by atoms with Crippen LogP contribution in [0.1, 0.15) is 52.9 Å². The molecule has 2 aromatic rings. The van der Waals surface area contributed by atoms with Crippen molar-refractivity contribution in [2.75, 3.05) is 13.7 Å². The number of methoxy groups -OCH3 is 1. The molecule has 1 aliphatic heterocycles. The van der Waals surface area contributed by atoms with Crippen molar-refractivity contribution in [2.45, 2.75) is 38.5 Å². The number of hydrogen-bond acceptors (Lipinski definition) is 5. The van der Waals surface area contributed by atoms with E-state index in [4.69, 9.17) is 9.84 Å². The lowest BCUT2D eigenvalue weighted by Crippen LogP contribution is -2.39. The second-order valence-corrected chi connectivity index (χ2v) is 6.05. The molecule has 0 spiro atoms. The molecule has 1 fully saturated rings. The summed E-state index contributed by atoms with van der Waals surface area (Å²) in [6.07, 6.45) is 2.61. The first-order valence-electron chi connectivity index (χ1n) is 8.24. The maximum Gasteiger partial charge on any atom is 0.254 e. The average molecular weight is 348 g/mol. The predicted molar refractivity (Wildman–Crippen MR) is 87.0 cm³/mol. The number of aliphatic hydroxyl groups is 1. The van der Waals surface area contributed by atoms with E-state index in [0.717, 1.165) is 19.3 Å².